The van der Waals surface area contributed by atoms with Gasteiger partial charge < -0.3 is 0 Å². The zero-order chi connectivity index (χ0) is 9.94. The molecule has 74 valence electrons. The fourth-order valence-corrected chi connectivity index (χ4v) is 1.47. The van der Waals surface area contributed by atoms with E-state index < -0.39 is 0 Å². The first-order chi connectivity index (χ1) is 6.31. The lowest BCUT2D eigenvalue weighted by molar-refractivity contribution is 1.17. The summed E-state index contributed by atoms with van der Waals surface area (Å²) in [5.41, 5.74) is 1.42. The minimum atomic E-state index is 0.961. The molecule has 0 aliphatic heterocycles. The highest BCUT2D eigenvalue weighted by atomic mass is 79.9. The van der Waals surface area contributed by atoms with E-state index >= 15 is 0 Å². The average Bonchev–Trinajstić information content (AvgIpc) is 2.11. The van der Waals surface area contributed by atoms with Gasteiger partial charge in [-0.1, -0.05) is 58.8 Å². The standard InChI is InChI=1S/C12H19Br/c1-3-4-5-6-7-8-9-12(2)10-11-13/h4-5,7-8,10H,3,6,9,11H2,1-2H3/b5-4-,8-7-,12-10+. The summed E-state index contributed by atoms with van der Waals surface area (Å²) in [6.45, 7) is 4.32. The summed E-state index contributed by atoms with van der Waals surface area (Å²) in [5, 5.41) is 0.961. The molecule has 0 spiro atoms. The first-order valence-corrected chi connectivity index (χ1v) is 5.95. The number of hydrogen-bond donors (Lipinski definition) is 0. The van der Waals surface area contributed by atoms with Gasteiger partial charge in [-0.15, -0.1) is 0 Å². The highest BCUT2D eigenvalue weighted by Gasteiger charge is 1.82. The predicted octanol–water partition coefficient (Wildman–Crippen LogP) is 4.63. The SMILES string of the molecule is CC/C=C\C/C=C\C/C(C)=C/CBr. The maximum atomic E-state index is 3.38. The molecule has 0 aromatic carbocycles. The van der Waals surface area contributed by atoms with Gasteiger partial charge in [0.15, 0.2) is 0 Å². The van der Waals surface area contributed by atoms with Crippen molar-refractivity contribution in [2.24, 2.45) is 0 Å². The Morgan fingerprint density at radius 1 is 1.15 bits per heavy atom. The minimum absolute atomic E-state index is 0.961. The van der Waals surface area contributed by atoms with Crippen LogP contribution in [-0.4, -0.2) is 5.33 Å². The summed E-state index contributed by atoms with van der Waals surface area (Å²) in [6.07, 6.45) is 14.3. The van der Waals surface area contributed by atoms with Crippen molar-refractivity contribution in [2.75, 3.05) is 5.33 Å². The topological polar surface area (TPSA) is 0 Å². The van der Waals surface area contributed by atoms with Crippen molar-refractivity contribution in [3.8, 4) is 0 Å². The van der Waals surface area contributed by atoms with Gasteiger partial charge in [-0.2, -0.15) is 0 Å². The first kappa shape index (κ1) is 12.7. The molecule has 0 rings (SSSR count). The third-order valence-corrected chi connectivity index (χ3v) is 2.03. The second kappa shape index (κ2) is 9.79. The summed E-state index contributed by atoms with van der Waals surface area (Å²) in [6, 6.07) is 0. The molecule has 0 amide bonds. The molecule has 13 heavy (non-hydrogen) atoms. The van der Waals surface area contributed by atoms with Crippen LogP contribution >= 0.6 is 15.9 Å². The predicted molar refractivity (Wildman–Crippen MR) is 65.4 cm³/mol. The molecular weight excluding hydrogens is 224 g/mol. The van der Waals surface area contributed by atoms with Crippen LogP contribution in [0, 0.1) is 0 Å². The largest absolute Gasteiger partial charge is 0.0885 e. The molecular formula is C12H19Br. The van der Waals surface area contributed by atoms with E-state index in [2.05, 4.69) is 60.2 Å². The lowest BCUT2D eigenvalue weighted by Crippen LogP contribution is -1.73. The Kier molecular flexibility index (Phi) is 9.56. The zero-order valence-corrected chi connectivity index (χ0v) is 10.2. The van der Waals surface area contributed by atoms with Crippen molar-refractivity contribution >= 4 is 15.9 Å². The zero-order valence-electron chi connectivity index (χ0n) is 8.59. The summed E-state index contributed by atoms with van der Waals surface area (Å²) >= 11 is 3.38. The number of allylic oxidation sites excluding steroid dienone is 6. The van der Waals surface area contributed by atoms with Crippen molar-refractivity contribution in [3.05, 3.63) is 36.0 Å². The first-order valence-electron chi connectivity index (χ1n) is 4.82. The van der Waals surface area contributed by atoms with Crippen molar-refractivity contribution in [1.29, 1.82) is 0 Å². The Morgan fingerprint density at radius 3 is 2.46 bits per heavy atom. The van der Waals surface area contributed by atoms with Gasteiger partial charge >= 0.3 is 0 Å². The highest BCUT2D eigenvalue weighted by molar-refractivity contribution is 9.09. The van der Waals surface area contributed by atoms with E-state index in [-0.39, 0.29) is 0 Å². The Labute approximate surface area is 90.6 Å². The molecule has 1 heteroatoms. The highest BCUT2D eigenvalue weighted by Crippen LogP contribution is 2.02. The van der Waals surface area contributed by atoms with Crippen LogP contribution in [-0.2, 0) is 0 Å². The van der Waals surface area contributed by atoms with Gasteiger partial charge in [0.2, 0.25) is 0 Å². The van der Waals surface area contributed by atoms with E-state index in [1.54, 1.807) is 0 Å². The Morgan fingerprint density at radius 2 is 1.85 bits per heavy atom. The van der Waals surface area contributed by atoms with E-state index in [0.29, 0.717) is 0 Å². The van der Waals surface area contributed by atoms with Gasteiger partial charge in [-0.05, 0) is 26.2 Å². The molecule has 0 aliphatic rings. The van der Waals surface area contributed by atoms with Crippen LogP contribution in [0.5, 0.6) is 0 Å². The van der Waals surface area contributed by atoms with E-state index in [9.17, 15) is 0 Å². The maximum absolute atomic E-state index is 3.38. The summed E-state index contributed by atoms with van der Waals surface area (Å²) < 4.78 is 0. The molecule has 0 aromatic heterocycles. The van der Waals surface area contributed by atoms with Crippen LogP contribution in [0.15, 0.2) is 36.0 Å². The molecule has 0 bridgehead atoms. The Balaban J connectivity index is 3.51. The van der Waals surface area contributed by atoms with E-state index in [1.807, 2.05) is 0 Å². The normalized spacial score (nSPS) is 13.3. The van der Waals surface area contributed by atoms with E-state index in [1.165, 1.54) is 5.57 Å². The Hall–Kier alpha value is -0.300. The van der Waals surface area contributed by atoms with Crippen molar-refractivity contribution in [2.45, 2.75) is 33.1 Å². The van der Waals surface area contributed by atoms with Crippen LogP contribution in [0.1, 0.15) is 33.1 Å². The van der Waals surface area contributed by atoms with Crippen LogP contribution in [0.3, 0.4) is 0 Å². The van der Waals surface area contributed by atoms with Gasteiger partial charge in [0.25, 0.3) is 0 Å². The number of halogens is 1. The smallest absolute Gasteiger partial charge is 0.0214 e. The second-order valence-electron chi connectivity index (χ2n) is 3.00. The fourth-order valence-electron chi connectivity index (χ4n) is 0.922. The van der Waals surface area contributed by atoms with Crippen LogP contribution < -0.4 is 0 Å². The molecule has 0 atom stereocenters. The summed E-state index contributed by atoms with van der Waals surface area (Å²) in [5.74, 6) is 0. The summed E-state index contributed by atoms with van der Waals surface area (Å²) in [4.78, 5) is 0. The lowest BCUT2D eigenvalue weighted by Gasteiger charge is -1.92. The van der Waals surface area contributed by atoms with Crippen molar-refractivity contribution in [1.82, 2.24) is 0 Å². The number of rotatable bonds is 6. The molecule has 0 fully saturated rings. The number of hydrogen-bond acceptors (Lipinski definition) is 0. The molecule has 0 nitrogen and oxygen atoms in total. The Bertz CT molecular complexity index is 187. The monoisotopic (exact) mass is 242 g/mol. The molecule has 0 aliphatic carbocycles. The number of alkyl halides is 1. The van der Waals surface area contributed by atoms with Gasteiger partial charge in [-0.25, -0.2) is 0 Å². The van der Waals surface area contributed by atoms with Gasteiger partial charge in [0.05, 0.1) is 0 Å². The average molecular weight is 243 g/mol. The van der Waals surface area contributed by atoms with E-state index in [4.69, 9.17) is 0 Å². The van der Waals surface area contributed by atoms with Gasteiger partial charge in [0.1, 0.15) is 0 Å². The van der Waals surface area contributed by atoms with Crippen LogP contribution in [0.25, 0.3) is 0 Å². The fraction of sp³-hybridized carbons (Fsp3) is 0.500. The van der Waals surface area contributed by atoms with Crippen molar-refractivity contribution < 1.29 is 0 Å². The minimum Gasteiger partial charge on any atom is -0.0885 e. The molecule has 0 N–H and O–H groups in total. The van der Waals surface area contributed by atoms with Crippen molar-refractivity contribution in [3.63, 3.8) is 0 Å². The second-order valence-corrected chi connectivity index (χ2v) is 3.64. The maximum Gasteiger partial charge on any atom is 0.0214 e. The van der Waals surface area contributed by atoms with Crippen LogP contribution in [0.2, 0.25) is 0 Å². The molecule has 0 unspecified atom stereocenters. The molecule has 0 saturated heterocycles. The third kappa shape index (κ3) is 9.62. The van der Waals surface area contributed by atoms with Crippen LogP contribution in [0.4, 0.5) is 0 Å². The summed E-state index contributed by atoms with van der Waals surface area (Å²) in [7, 11) is 0. The third-order valence-electron chi connectivity index (χ3n) is 1.71. The molecule has 0 heterocycles. The molecule has 0 saturated carbocycles. The van der Waals surface area contributed by atoms with Gasteiger partial charge in [0, 0.05) is 5.33 Å². The molecule has 0 aromatic rings. The molecule has 0 radical (unpaired) electrons. The quantitative estimate of drug-likeness (QED) is 0.471. The lowest BCUT2D eigenvalue weighted by atomic mass is 10.2. The van der Waals surface area contributed by atoms with E-state index in [0.717, 1.165) is 24.6 Å². The van der Waals surface area contributed by atoms with Gasteiger partial charge in [-0.3, -0.25) is 0 Å².